The van der Waals surface area contributed by atoms with Gasteiger partial charge < -0.3 is 10.1 Å². The molecule has 1 heterocycles. The molecule has 24 heavy (non-hydrogen) atoms. The highest BCUT2D eigenvalue weighted by atomic mass is 32.1. The number of aromatic nitrogens is 1. The van der Waals surface area contributed by atoms with E-state index in [1.54, 1.807) is 6.20 Å². The third kappa shape index (κ3) is 3.33. The first kappa shape index (κ1) is 16.6. The van der Waals surface area contributed by atoms with Gasteiger partial charge in [-0.1, -0.05) is 49.6 Å². The van der Waals surface area contributed by atoms with Crippen LogP contribution in [0.3, 0.4) is 0 Å². The van der Waals surface area contributed by atoms with E-state index in [1.807, 2.05) is 30.3 Å². The maximum Gasteiger partial charge on any atom is 0.331 e. The lowest BCUT2D eigenvalue weighted by molar-refractivity contribution is -0.149. The average Bonchev–Trinajstić information content (AvgIpc) is 3.13. The van der Waals surface area contributed by atoms with Gasteiger partial charge in [-0.05, 0) is 12.8 Å². The molecule has 0 spiro atoms. The largest absolute Gasteiger partial charge is 0.467 e. The minimum atomic E-state index is -0.902. The number of esters is 1. The van der Waals surface area contributed by atoms with Gasteiger partial charge in [0.1, 0.15) is 15.4 Å². The van der Waals surface area contributed by atoms with Crippen LogP contribution in [0.2, 0.25) is 0 Å². The van der Waals surface area contributed by atoms with Gasteiger partial charge in [-0.2, -0.15) is 0 Å². The number of carbonyl (C=O) groups is 2. The Hall–Kier alpha value is -2.21. The van der Waals surface area contributed by atoms with E-state index in [1.165, 1.54) is 18.4 Å². The standard InChI is InChI=1S/C18H20N2O3S/c1-23-17(22)18(10-6-3-7-11-18)20-15(21)14-12-19-16(24-14)13-8-4-2-5-9-13/h2,4-5,8-9,12H,3,6-7,10-11H2,1H3,(H,20,21). The lowest BCUT2D eigenvalue weighted by Crippen LogP contribution is -2.56. The summed E-state index contributed by atoms with van der Waals surface area (Å²) in [5.74, 6) is -0.620. The number of nitrogens with zero attached hydrogens (tertiary/aromatic N) is 1. The van der Waals surface area contributed by atoms with Crippen LogP contribution < -0.4 is 5.32 Å². The van der Waals surface area contributed by atoms with E-state index >= 15 is 0 Å². The Morgan fingerprint density at radius 3 is 2.54 bits per heavy atom. The van der Waals surface area contributed by atoms with Crippen LogP contribution in [0.15, 0.2) is 36.5 Å². The van der Waals surface area contributed by atoms with E-state index in [4.69, 9.17) is 4.74 Å². The molecule has 0 bridgehead atoms. The van der Waals surface area contributed by atoms with E-state index < -0.39 is 5.54 Å². The molecule has 126 valence electrons. The summed E-state index contributed by atoms with van der Waals surface area (Å²) >= 11 is 1.33. The fourth-order valence-electron chi connectivity index (χ4n) is 3.10. The molecule has 1 amide bonds. The molecule has 1 saturated carbocycles. The molecule has 1 fully saturated rings. The summed E-state index contributed by atoms with van der Waals surface area (Å²) in [6.45, 7) is 0. The van der Waals surface area contributed by atoms with Crippen LogP contribution >= 0.6 is 11.3 Å². The fraction of sp³-hybridized carbons (Fsp3) is 0.389. The summed E-state index contributed by atoms with van der Waals surface area (Å²) in [5.41, 5.74) is 0.0722. The van der Waals surface area contributed by atoms with Crippen LogP contribution in [0.25, 0.3) is 10.6 Å². The van der Waals surface area contributed by atoms with Crippen molar-refractivity contribution in [1.82, 2.24) is 10.3 Å². The predicted molar refractivity (Wildman–Crippen MR) is 92.8 cm³/mol. The number of rotatable bonds is 4. The molecule has 0 saturated heterocycles. The molecule has 1 N–H and O–H groups in total. The van der Waals surface area contributed by atoms with Crippen LogP contribution in [-0.4, -0.2) is 29.5 Å². The molecule has 1 aliphatic rings. The second kappa shape index (κ2) is 7.13. The Bertz CT molecular complexity index is 721. The van der Waals surface area contributed by atoms with Gasteiger partial charge >= 0.3 is 5.97 Å². The van der Waals surface area contributed by atoms with Crippen molar-refractivity contribution in [1.29, 1.82) is 0 Å². The highest BCUT2D eigenvalue weighted by Crippen LogP contribution is 2.31. The van der Waals surface area contributed by atoms with E-state index in [9.17, 15) is 9.59 Å². The normalized spacial score (nSPS) is 16.4. The van der Waals surface area contributed by atoms with Crippen molar-refractivity contribution in [2.45, 2.75) is 37.6 Å². The summed E-state index contributed by atoms with van der Waals surface area (Å²) in [6, 6.07) is 9.72. The zero-order chi connectivity index (χ0) is 17.0. The molecule has 3 rings (SSSR count). The van der Waals surface area contributed by atoms with Gasteiger partial charge in [0.2, 0.25) is 0 Å². The number of hydrogen-bond donors (Lipinski definition) is 1. The topological polar surface area (TPSA) is 68.3 Å². The molecule has 0 radical (unpaired) electrons. The molecule has 1 aromatic heterocycles. The quantitative estimate of drug-likeness (QED) is 0.863. The number of ether oxygens (including phenoxy) is 1. The first-order chi connectivity index (χ1) is 11.6. The Labute approximate surface area is 145 Å². The molecule has 0 unspecified atom stereocenters. The number of carbonyl (C=O) groups excluding carboxylic acids is 2. The van der Waals surface area contributed by atoms with Gasteiger partial charge in [0.25, 0.3) is 5.91 Å². The number of methoxy groups -OCH3 is 1. The SMILES string of the molecule is COC(=O)C1(NC(=O)c2cnc(-c3ccccc3)s2)CCCCC1. The number of nitrogens with one attached hydrogen (secondary N) is 1. The van der Waals surface area contributed by atoms with Gasteiger partial charge in [-0.15, -0.1) is 11.3 Å². The highest BCUT2D eigenvalue weighted by molar-refractivity contribution is 7.16. The third-order valence-electron chi connectivity index (χ3n) is 4.39. The summed E-state index contributed by atoms with van der Waals surface area (Å²) in [7, 11) is 1.37. The molecule has 1 aliphatic carbocycles. The molecule has 6 heteroatoms. The average molecular weight is 344 g/mol. The maximum absolute atomic E-state index is 12.6. The summed E-state index contributed by atoms with van der Waals surface area (Å²) in [6.07, 6.45) is 5.70. The van der Waals surface area contributed by atoms with Gasteiger partial charge in [-0.3, -0.25) is 4.79 Å². The van der Waals surface area contributed by atoms with Crippen molar-refractivity contribution in [2.24, 2.45) is 0 Å². The van der Waals surface area contributed by atoms with E-state index in [2.05, 4.69) is 10.3 Å². The first-order valence-corrected chi connectivity index (χ1v) is 8.88. The monoisotopic (exact) mass is 344 g/mol. The number of benzene rings is 1. The Morgan fingerprint density at radius 1 is 1.17 bits per heavy atom. The van der Waals surface area contributed by atoms with Crippen LogP contribution in [0.5, 0.6) is 0 Å². The zero-order valence-corrected chi connectivity index (χ0v) is 14.4. The molecular weight excluding hydrogens is 324 g/mol. The fourth-order valence-corrected chi connectivity index (χ4v) is 3.92. The van der Waals surface area contributed by atoms with Crippen molar-refractivity contribution in [3.05, 3.63) is 41.4 Å². The van der Waals surface area contributed by atoms with Crippen LogP contribution in [-0.2, 0) is 9.53 Å². The van der Waals surface area contributed by atoms with Gasteiger partial charge in [0.15, 0.2) is 0 Å². The first-order valence-electron chi connectivity index (χ1n) is 8.07. The van der Waals surface area contributed by atoms with Crippen LogP contribution in [0.4, 0.5) is 0 Å². The number of amides is 1. The minimum Gasteiger partial charge on any atom is -0.467 e. The third-order valence-corrected chi connectivity index (χ3v) is 5.43. The van der Waals surface area contributed by atoms with Gasteiger partial charge in [0.05, 0.1) is 13.3 Å². The van der Waals surface area contributed by atoms with Crippen molar-refractivity contribution >= 4 is 23.2 Å². The van der Waals surface area contributed by atoms with E-state index in [-0.39, 0.29) is 11.9 Å². The number of hydrogen-bond acceptors (Lipinski definition) is 5. The Kier molecular flexibility index (Phi) is 4.94. The summed E-state index contributed by atoms with van der Waals surface area (Å²) in [5, 5.41) is 3.71. The lowest BCUT2D eigenvalue weighted by atomic mass is 9.81. The molecule has 0 atom stereocenters. The molecule has 1 aromatic carbocycles. The zero-order valence-electron chi connectivity index (χ0n) is 13.6. The predicted octanol–water partition coefficient (Wildman–Crippen LogP) is 3.42. The molecule has 5 nitrogen and oxygen atoms in total. The number of thiazole rings is 1. The van der Waals surface area contributed by atoms with E-state index in [0.29, 0.717) is 17.7 Å². The van der Waals surface area contributed by atoms with Gasteiger partial charge in [0, 0.05) is 5.56 Å². The van der Waals surface area contributed by atoms with Crippen LogP contribution in [0, 0.1) is 0 Å². The second-order valence-corrected chi connectivity index (χ2v) is 7.01. The highest BCUT2D eigenvalue weighted by Gasteiger charge is 2.42. The van der Waals surface area contributed by atoms with Crippen LogP contribution in [0.1, 0.15) is 41.8 Å². The summed E-state index contributed by atoms with van der Waals surface area (Å²) in [4.78, 5) is 29.7. The Morgan fingerprint density at radius 2 is 1.88 bits per heavy atom. The second-order valence-electron chi connectivity index (χ2n) is 5.98. The maximum atomic E-state index is 12.6. The van der Waals surface area contributed by atoms with E-state index in [0.717, 1.165) is 29.8 Å². The summed E-state index contributed by atoms with van der Waals surface area (Å²) < 4.78 is 4.94. The molecular formula is C18H20N2O3S. The van der Waals surface area contributed by atoms with Crippen molar-refractivity contribution in [2.75, 3.05) is 7.11 Å². The minimum absolute atomic E-state index is 0.262. The van der Waals surface area contributed by atoms with Crippen molar-refractivity contribution in [3.63, 3.8) is 0 Å². The Balaban J connectivity index is 1.79. The smallest absolute Gasteiger partial charge is 0.331 e. The van der Waals surface area contributed by atoms with Crippen molar-refractivity contribution < 1.29 is 14.3 Å². The molecule has 2 aromatic rings. The van der Waals surface area contributed by atoms with Gasteiger partial charge in [-0.25, -0.2) is 9.78 Å². The lowest BCUT2D eigenvalue weighted by Gasteiger charge is -2.34. The van der Waals surface area contributed by atoms with Crippen molar-refractivity contribution in [3.8, 4) is 10.6 Å². The molecule has 0 aliphatic heterocycles.